The zero-order valence-corrected chi connectivity index (χ0v) is 14.1. The van der Waals surface area contributed by atoms with Crippen LogP contribution in [0.3, 0.4) is 0 Å². The average molecular weight is 362 g/mol. The maximum absolute atomic E-state index is 12.2. The van der Waals surface area contributed by atoms with Gasteiger partial charge in [0, 0.05) is 21.9 Å². The number of rotatable bonds is 5. The SMILES string of the molecule is CCc1ccc(/C=C(/C#N)C(=O)Nc2cc([N+](=O)[O-])ccc2Cl)s1. The molecule has 0 unspecified atom stereocenters. The van der Waals surface area contributed by atoms with E-state index >= 15 is 0 Å². The van der Waals surface area contributed by atoms with Gasteiger partial charge in [0.05, 0.1) is 15.6 Å². The molecule has 0 aliphatic heterocycles. The first-order valence-corrected chi connectivity index (χ1v) is 8.09. The summed E-state index contributed by atoms with van der Waals surface area (Å²) in [7, 11) is 0. The van der Waals surface area contributed by atoms with Crippen LogP contribution in [0.1, 0.15) is 16.7 Å². The van der Waals surface area contributed by atoms with E-state index in [0.717, 1.165) is 22.2 Å². The Morgan fingerprint density at radius 2 is 2.21 bits per heavy atom. The van der Waals surface area contributed by atoms with E-state index in [-0.39, 0.29) is 22.0 Å². The third kappa shape index (κ3) is 4.19. The number of nitro benzene ring substituents is 1. The van der Waals surface area contributed by atoms with E-state index in [4.69, 9.17) is 11.6 Å². The van der Waals surface area contributed by atoms with Crippen LogP contribution in [0.15, 0.2) is 35.9 Å². The van der Waals surface area contributed by atoms with Crippen molar-refractivity contribution in [3.63, 3.8) is 0 Å². The second-order valence-electron chi connectivity index (χ2n) is 4.70. The molecule has 0 atom stereocenters. The predicted molar refractivity (Wildman–Crippen MR) is 94.0 cm³/mol. The van der Waals surface area contributed by atoms with Crippen molar-refractivity contribution in [1.82, 2.24) is 0 Å². The van der Waals surface area contributed by atoms with Crippen molar-refractivity contribution in [3.05, 3.63) is 60.8 Å². The lowest BCUT2D eigenvalue weighted by molar-refractivity contribution is -0.384. The van der Waals surface area contributed by atoms with Gasteiger partial charge < -0.3 is 5.32 Å². The number of non-ortho nitro benzene ring substituents is 1. The zero-order chi connectivity index (χ0) is 17.7. The largest absolute Gasteiger partial charge is 0.320 e. The number of hydrogen-bond donors (Lipinski definition) is 1. The third-order valence-corrected chi connectivity index (χ3v) is 4.60. The molecule has 2 aromatic rings. The number of carbonyl (C=O) groups is 1. The van der Waals surface area contributed by atoms with Crippen LogP contribution in [-0.4, -0.2) is 10.8 Å². The molecule has 0 spiro atoms. The summed E-state index contributed by atoms with van der Waals surface area (Å²) in [4.78, 5) is 24.4. The van der Waals surface area contributed by atoms with Gasteiger partial charge in [-0.25, -0.2) is 0 Å². The Labute approximate surface area is 147 Å². The Bertz CT molecular complexity index is 868. The van der Waals surface area contributed by atoms with Gasteiger partial charge in [0.1, 0.15) is 11.6 Å². The first-order valence-electron chi connectivity index (χ1n) is 6.90. The number of halogens is 1. The Morgan fingerprint density at radius 1 is 1.46 bits per heavy atom. The molecular weight excluding hydrogens is 350 g/mol. The highest BCUT2D eigenvalue weighted by Gasteiger charge is 2.15. The summed E-state index contributed by atoms with van der Waals surface area (Å²) in [5.74, 6) is -0.675. The van der Waals surface area contributed by atoms with Crippen molar-refractivity contribution >= 4 is 46.3 Å². The fourth-order valence-corrected chi connectivity index (χ4v) is 2.93. The maximum atomic E-state index is 12.2. The standard InChI is InChI=1S/C16H12ClN3O3S/c1-2-12-4-5-13(24-12)7-10(9-18)16(21)19-15-8-11(20(22)23)3-6-14(15)17/h3-8H,2H2,1H3,(H,19,21)/b10-7-. The van der Waals surface area contributed by atoms with E-state index in [9.17, 15) is 20.2 Å². The molecule has 1 N–H and O–H groups in total. The van der Waals surface area contributed by atoms with Crippen molar-refractivity contribution in [2.24, 2.45) is 0 Å². The predicted octanol–water partition coefficient (Wildman–Crippen LogP) is 4.42. The molecule has 8 heteroatoms. The molecule has 2 rings (SSSR count). The molecule has 0 saturated heterocycles. The number of anilines is 1. The van der Waals surface area contributed by atoms with Crippen LogP contribution in [0.2, 0.25) is 5.02 Å². The highest BCUT2D eigenvalue weighted by molar-refractivity contribution is 7.12. The third-order valence-electron chi connectivity index (χ3n) is 3.09. The molecule has 24 heavy (non-hydrogen) atoms. The molecule has 1 heterocycles. The summed E-state index contributed by atoms with van der Waals surface area (Å²) in [6.45, 7) is 2.02. The molecule has 0 radical (unpaired) electrons. The van der Waals surface area contributed by atoms with Crippen LogP contribution in [-0.2, 0) is 11.2 Å². The van der Waals surface area contributed by atoms with Gasteiger partial charge in [-0.1, -0.05) is 18.5 Å². The highest BCUT2D eigenvalue weighted by Crippen LogP contribution is 2.27. The molecule has 0 saturated carbocycles. The van der Waals surface area contributed by atoms with Crippen LogP contribution in [0.4, 0.5) is 11.4 Å². The van der Waals surface area contributed by atoms with E-state index in [1.54, 1.807) is 0 Å². The second kappa shape index (κ2) is 7.73. The minimum atomic E-state index is -0.675. The van der Waals surface area contributed by atoms with E-state index < -0.39 is 10.8 Å². The van der Waals surface area contributed by atoms with E-state index in [1.807, 2.05) is 25.1 Å². The highest BCUT2D eigenvalue weighted by atomic mass is 35.5. The van der Waals surface area contributed by atoms with Crippen molar-refractivity contribution < 1.29 is 9.72 Å². The van der Waals surface area contributed by atoms with Gasteiger partial charge in [-0.15, -0.1) is 11.3 Å². The number of hydrogen-bond acceptors (Lipinski definition) is 5. The summed E-state index contributed by atoms with van der Waals surface area (Å²) in [6.07, 6.45) is 2.35. The topological polar surface area (TPSA) is 96.0 Å². The van der Waals surface area contributed by atoms with Crippen molar-refractivity contribution in [1.29, 1.82) is 5.26 Å². The summed E-state index contributed by atoms with van der Waals surface area (Å²) in [5.41, 5.74) is -0.234. The zero-order valence-electron chi connectivity index (χ0n) is 12.6. The van der Waals surface area contributed by atoms with Crippen molar-refractivity contribution in [3.8, 4) is 6.07 Å². The van der Waals surface area contributed by atoms with E-state index in [0.29, 0.717) is 0 Å². The summed E-state index contributed by atoms with van der Waals surface area (Å²) < 4.78 is 0. The van der Waals surface area contributed by atoms with Crippen LogP contribution in [0.25, 0.3) is 6.08 Å². The van der Waals surface area contributed by atoms with Crippen LogP contribution in [0.5, 0.6) is 0 Å². The van der Waals surface area contributed by atoms with Gasteiger partial charge in [-0.05, 0) is 30.7 Å². The second-order valence-corrected chi connectivity index (χ2v) is 6.31. The van der Waals surface area contributed by atoms with Crippen molar-refractivity contribution in [2.45, 2.75) is 13.3 Å². The lowest BCUT2D eigenvalue weighted by Crippen LogP contribution is -2.13. The molecule has 1 aromatic carbocycles. The lowest BCUT2D eigenvalue weighted by atomic mass is 10.2. The van der Waals surface area contributed by atoms with Gasteiger partial charge in [-0.3, -0.25) is 14.9 Å². The number of amides is 1. The fraction of sp³-hybridized carbons (Fsp3) is 0.125. The first-order chi connectivity index (χ1) is 11.4. The molecule has 1 aromatic heterocycles. The number of nitrogens with one attached hydrogen (secondary N) is 1. The van der Waals surface area contributed by atoms with Gasteiger partial charge in [0.2, 0.25) is 0 Å². The molecule has 1 amide bonds. The molecule has 0 fully saturated rings. The number of aryl methyl sites for hydroxylation is 1. The quantitative estimate of drug-likeness (QED) is 0.369. The molecular formula is C16H12ClN3O3S. The molecule has 0 bridgehead atoms. The fourth-order valence-electron chi connectivity index (χ4n) is 1.87. The number of nitriles is 1. The number of thiophene rings is 1. The Balaban J connectivity index is 2.25. The Morgan fingerprint density at radius 3 is 2.79 bits per heavy atom. The molecule has 0 aliphatic rings. The van der Waals surface area contributed by atoms with Gasteiger partial charge in [0.15, 0.2) is 0 Å². The number of benzene rings is 1. The summed E-state index contributed by atoms with van der Waals surface area (Å²) in [5, 5.41) is 22.6. The number of carbonyl (C=O) groups excluding carboxylic acids is 1. The normalized spacial score (nSPS) is 11.0. The van der Waals surface area contributed by atoms with Crippen LogP contribution >= 0.6 is 22.9 Å². The van der Waals surface area contributed by atoms with Gasteiger partial charge >= 0.3 is 0 Å². The molecule has 6 nitrogen and oxygen atoms in total. The first kappa shape index (κ1) is 17.7. The van der Waals surface area contributed by atoms with Crippen LogP contribution in [0, 0.1) is 21.4 Å². The summed E-state index contributed by atoms with van der Waals surface area (Å²) in [6, 6.07) is 9.29. The summed E-state index contributed by atoms with van der Waals surface area (Å²) >= 11 is 7.42. The monoisotopic (exact) mass is 361 g/mol. The Hall–Kier alpha value is -2.69. The lowest BCUT2D eigenvalue weighted by Gasteiger charge is -2.06. The van der Waals surface area contributed by atoms with Gasteiger partial charge in [0.25, 0.3) is 11.6 Å². The van der Waals surface area contributed by atoms with Crippen LogP contribution < -0.4 is 5.32 Å². The van der Waals surface area contributed by atoms with Gasteiger partial charge in [-0.2, -0.15) is 5.26 Å². The van der Waals surface area contributed by atoms with E-state index in [2.05, 4.69) is 5.32 Å². The average Bonchev–Trinajstić information content (AvgIpc) is 3.02. The molecule has 0 aliphatic carbocycles. The smallest absolute Gasteiger partial charge is 0.271 e. The van der Waals surface area contributed by atoms with E-state index in [1.165, 1.54) is 29.5 Å². The molecule has 122 valence electrons. The number of nitrogens with zero attached hydrogens (tertiary/aromatic N) is 2. The minimum absolute atomic E-state index is 0.0810. The Kier molecular flexibility index (Phi) is 5.68. The maximum Gasteiger partial charge on any atom is 0.271 e. The number of nitro groups is 1. The van der Waals surface area contributed by atoms with Crippen molar-refractivity contribution in [2.75, 3.05) is 5.32 Å². The minimum Gasteiger partial charge on any atom is -0.320 e.